The largest absolute Gasteiger partial charge is 0.310 e. The lowest BCUT2D eigenvalue weighted by molar-refractivity contribution is 0.660. The van der Waals surface area contributed by atoms with E-state index in [-0.39, 0.29) is 13.8 Å². The number of hydrogen-bond donors (Lipinski definition) is 0. The third-order valence-corrected chi connectivity index (χ3v) is 11.2. The SMILES string of the molecule is CC1(C)c2ccccc2-c2ccc(N(c3ccccc3)c3ccc(-c4cccc(-c5ccc6c(c5)c5ccccc5n6-c5ccccc5)c4)cc3)cc21.[B]. The van der Waals surface area contributed by atoms with Crippen molar-refractivity contribution < 1.29 is 0 Å². The van der Waals surface area contributed by atoms with E-state index in [4.69, 9.17) is 0 Å². The number of benzene rings is 8. The first-order chi connectivity index (χ1) is 26.0. The maximum Gasteiger partial charge on any atom is 0.0541 e. The number of hydrogen-bond acceptors (Lipinski definition) is 1. The molecule has 0 bridgehead atoms. The molecule has 3 heteroatoms. The minimum atomic E-state index is -0.0668. The van der Waals surface area contributed by atoms with Gasteiger partial charge in [-0.25, -0.2) is 0 Å². The van der Waals surface area contributed by atoms with Crippen LogP contribution < -0.4 is 4.90 Å². The predicted octanol–water partition coefficient (Wildman–Crippen LogP) is 13.5. The fourth-order valence-electron chi connectivity index (χ4n) is 8.54. The van der Waals surface area contributed by atoms with Crippen molar-refractivity contribution in [1.29, 1.82) is 0 Å². The van der Waals surface area contributed by atoms with Crippen LogP contribution in [0.3, 0.4) is 0 Å². The van der Waals surface area contributed by atoms with Crippen LogP contribution in [-0.2, 0) is 5.41 Å². The first-order valence-corrected chi connectivity index (χ1v) is 18.4. The normalized spacial score (nSPS) is 12.6. The molecule has 1 heterocycles. The quantitative estimate of drug-likeness (QED) is 0.158. The minimum Gasteiger partial charge on any atom is -0.310 e. The molecule has 10 rings (SSSR count). The second-order valence-electron chi connectivity index (χ2n) is 14.6. The number of para-hydroxylation sites is 3. The summed E-state index contributed by atoms with van der Waals surface area (Å²) in [4.78, 5) is 2.38. The molecule has 9 aromatic rings. The minimum absolute atomic E-state index is 0. The van der Waals surface area contributed by atoms with Crippen molar-refractivity contribution in [2.75, 3.05) is 4.90 Å². The Kier molecular flexibility index (Phi) is 8.09. The molecule has 0 atom stereocenters. The number of nitrogens with zero attached hydrogens (tertiary/aromatic N) is 2. The first-order valence-electron chi connectivity index (χ1n) is 18.4. The van der Waals surface area contributed by atoms with Gasteiger partial charge in [0.15, 0.2) is 0 Å². The van der Waals surface area contributed by atoms with Gasteiger partial charge in [0.2, 0.25) is 0 Å². The second-order valence-corrected chi connectivity index (χ2v) is 14.6. The smallest absolute Gasteiger partial charge is 0.0541 e. The molecule has 1 aliphatic rings. The summed E-state index contributed by atoms with van der Waals surface area (Å²) in [5, 5.41) is 2.52. The molecule has 0 fully saturated rings. The Morgan fingerprint density at radius 2 is 0.963 bits per heavy atom. The highest BCUT2D eigenvalue weighted by molar-refractivity contribution is 6.10. The van der Waals surface area contributed by atoms with Crippen LogP contribution in [0.15, 0.2) is 194 Å². The lowest BCUT2D eigenvalue weighted by atomic mass is 9.82. The Morgan fingerprint density at radius 1 is 0.389 bits per heavy atom. The van der Waals surface area contributed by atoms with Crippen LogP contribution in [0.4, 0.5) is 17.1 Å². The van der Waals surface area contributed by atoms with E-state index in [0.29, 0.717) is 0 Å². The molecule has 3 radical (unpaired) electrons. The number of rotatable bonds is 6. The maximum atomic E-state index is 2.40. The van der Waals surface area contributed by atoms with Crippen molar-refractivity contribution in [1.82, 2.24) is 4.57 Å². The summed E-state index contributed by atoms with van der Waals surface area (Å²) in [6, 6.07) is 70.7. The van der Waals surface area contributed by atoms with Crippen LogP contribution >= 0.6 is 0 Å². The van der Waals surface area contributed by atoms with Gasteiger partial charge in [-0.2, -0.15) is 0 Å². The van der Waals surface area contributed by atoms with E-state index in [1.54, 1.807) is 0 Å². The third-order valence-electron chi connectivity index (χ3n) is 11.2. The zero-order valence-electron chi connectivity index (χ0n) is 30.4. The van der Waals surface area contributed by atoms with E-state index in [1.807, 2.05) is 0 Å². The van der Waals surface area contributed by atoms with Crippen molar-refractivity contribution in [3.8, 4) is 39.1 Å². The second kappa shape index (κ2) is 13.1. The Labute approximate surface area is 319 Å². The van der Waals surface area contributed by atoms with Gasteiger partial charge < -0.3 is 9.47 Å². The molecule has 255 valence electrons. The molecule has 2 nitrogen and oxygen atoms in total. The average molecular weight is 690 g/mol. The molecule has 54 heavy (non-hydrogen) atoms. The lowest BCUT2D eigenvalue weighted by Crippen LogP contribution is -2.16. The van der Waals surface area contributed by atoms with Crippen LogP contribution in [0.25, 0.3) is 60.9 Å². The fraction of sp³-hybridized carbons (Fsp3) is 0.0588. The summed E-state index contributed by atoms with van der Waals surface area (Å²) in [6.45, 7) is 4.69. The zero-order chi connectivity index (χ0) is 35.5. The number of fused-ring (bicyclic) bond motifs is 6. The van der Waals surface area contributed by atoms with E-state index in [1.165, 1.54) is 72.0 Å². The van der Waals surface area contributed by atoms with Crippen molar-refractivity contribution in [2.24, 2.45) is 0 Å². The highest BCUT2D eigenvalue weighted by Crippen LogP contribution is 2.50. The monoisotopic (exact) mass is 689 g/mol. The summed E-state index contributed by atoms with van der Waals surface area (Å²) in [5.41, 5.74) is 17.2. The van der Waals surface area contributed by atoms with E-state index < -0.39 is 0 Å². The van der Waals surface area contributed by atoms with Gasteiger partial charge in [0.1, 0.15) is 0 Å². The van der Waals surface area contributed by atoms with Crippen molar-refractivity contribution >= 4 is 47.3 Å². The van der Waals surface area contributed by atoms with Crippen LogP contribution in [0.2, 0.25) is 0 Å². The third kappa shape index (κ3) is 5.35. The van der Waals surface area contributed by atoms with Crippen LogP contribution in [0, 0.1) is 0 Å². The molecule has 0 saturated carbocycles. The molecule has 0 saturated heterocycles. The van der Waals surface area contributed by atoms with Gasteiger partial charge in [-0.3, -0.25) is 0 Å². The highest BCUT2D eigenvalue weighted by Gasteiger charge is 2.35. The summed E-state index contributed by atoms with van der Waals surface area (Å²) >= 11 is 0. The molecule has 1 aliphatic carbocycles. The number of anilines is 3. The van der Waals surface area contributed by atoms with Gasteiger partial charge in [0.25, 0.3) is 0 Å². The summed E-state index contributed by atoms with van der Waals surface area (Å²) < 4.78 is 2.37. The summed E-state index contributed by atoms with van der Waals surface area (Å²) in [5.74, 6) is 0. The topological polar surface area (TPSA) is 8.17 Å². The van der Waals surface area contributed by atoms with E-state index in [0.717, 1.165) is 17.1 Å². The van der Waals surface area contributed by atoms with Crippen molar-refractivity contribution in [2.45, 2.75) is 19.3 Å². The lowest BCUT2D eigenvalue weighted by Gasteiger charge is -2.28. The highest BCUT2D eigenvalue weighted by atomic mass is 15.1. The summed E-state index contributed by atoms with van der Waals surface area (Å²) in [7, 11) is 0. The Balaban J connectivity index is 0.00000384. The van der Waals surface area contributed by atoms with Gasteiger partial charge >= 0.3 is 0 Å². The Morgan fingerprint density at radius 3 is 1.76 bits per heavy atom. The van der Waals surface area contributed by atoms with Gasteiger partial charge in [0, 0.05) is 47.4 Å². The van der Waals surface area contributed by atoms with Gasteiger partial charge in [-0.1, -0.05) is 135 Å². The summed E-state index contributed by atoms with van der Waals surface area (Å²) in [6.07, 6.45) is 0. The Bertz CT molecular complexity index is 2800. The molecule has 0 spiro atoms. The number of aromatic nitrogens is 1. The molecule has 0 unspecified atom stereocenters. The zero-order valence-corrected chi connectivity index (χ0v) is 30.4. The van der Waals surface area contributed by atoms with Crippen LogP contribution in [0.5, 0.6) is 0 Å². The molecule has 8 aromatic carbocycles. The van der Waals surface area contributed by atoms with E-state index in [2.05, 4.69) is 217 Å². The molecule has 0 N–H and O–H groups in total. The van der Waals surface area contributed by atoms with E-state index in [9.17, 15) is 0 Å². The molecular weight excluding hydrogens is 651 g/mol. The molecule has 0 amide bonds. The van der Waals surface area contributed by atoms with Gasteiger partial charge in [0.05, 0.1) is 11.0 Å². The van der Waals surface area contributed by atoms with Gasteiger partial charge in [-0.05, 0) is 117 Å². The van der Waals surface area contributed by atoms with Crippen LogP contribution in [0.1, 0.15) is 25.0 Å². The van der Waals surface area contributed by atoms with E-state index >= 15 is 0 Å². The standard InChI is InChI=1S/C51H38N2.B/c1-51(2)47-22-11-9-20-43(47)44-30-29-42(34-48(44)51)52(39-16-5-3-6-17-39)41-27-24-35(25-28-41)36-14-13-15-37(32-36)38-26-31-50-46(33-38)45-21-10-12-23-49(45)53(50)40-18-7-4-8-19-40;/h3-34H,1-2H3;. The maximum absolute atomic E-state index is 2.40. The van der Waals surface area contributed by atoms with Crippen molar-refractivity contribution in [3.63, 3.8) is 0 Å². The first kappa shape index (κ1) is 33.3. The van der Waals surface area contributed by atoms with Crippen molar-refractivity contribution in [3.05, 3.63) is 205 Å². The van der Waals surface area contributed by atoms with Gasteiger partial charge in [-0.15, -0.1) is 0 Å². The Hall–Kier alpha value is -6.58. The molecule has 0 aliphatic heterocycles. The average Bonchev–Trinajstić information content (AvgIpc) is 3.67. The predicted molar refractivity (Wildman–Crippen MR) is 230 cm³/mol. The fourth-order valence-corrected chi connectivity index (χ4v) is 8.54. The molecular formula is C51H38BN2. The van der Waals surface area contributed by atoms with Crippen LogP contribution in [-0.4, -0.2) is 13.0 Å². The molecule has 1 aromatic heterocycles.